The van der Waals surface area contributed by atoms with Crippen molar-refractivity contribution in [3.8, 4) is 11.4 Å². The minimum atomic E-state index is -5.09. The summed E-state index contributed by atoms with van der Waals surface area (Å²) >= 11 is 17.7. The number of hydrogen-bond donors (Lipinski definition) is 1. The van der Waals surface area contributed by atoms with Crippen LogP contribution in [0.15, 0.2) is 72.9 Å². The first-order valence-electron chi connectivity index (χ1n) is 9.72. The van der Waals surface area contributed by atoms with E-state index in [9.17, 15) is 22.7 Å². The van der Waals surface area contributed by atoms with Gasteiger partial charge in [0.25, 0.3) is 0 Å². The smallest absolute Gasteiger partial charge is 0.424 e. The highest BCUT2D eigenvalue weighted by molar-refractivity contribution is 6.66. The molecule has 1 aromatic heterocycles. The van der Waals surface area contributed by atoms with Crippen molar-refractivity contribution in [2.24, 2.45) is 0 Å². The van der Waals surface area contributed by atoms with Crippen molar-refractivity contribution in [1.29, 1.82) is 0 Å². The number of ether oxygens (including phenoxy) is 1. The lowest BCUT2D eigenvalue weighted by Gasteiger charge is -2.31. The van der Waals surface area contributed by atoms with E-state index in [2.05, 4.69) is 5.10 Å². The van der Waals surface area contributed by atoms with Gasteiger partial charge in [0.15, 0.2) is 0 Å². The molecule has 0 saturated carbocycles. The number of aromatic nitrogens is 2. The number of para-hydroxylation sites is 1. The molecule has 0 aliphatic rings. The Labute approximate surface area is 206 Å². The van der Waals surface area contributed by atoms with Crippen LogP contribution in [0.2, 0.25) is 0 Å². The Balaban J connectivity index is 1.70. The van der Waals surface area contributed by atoms with Crippen molar-refractivity contribution in [1.82, 2.24) is 9.78 Å². The Morgan fingerprint density at radius 1 is 0.941 bits per heavy atom. The van der Waals surface area contributed by atoms with Gasteiger partial charge in [-0.05, 0) is 48.0 Å². The lowest BCUT2D eigenvalue weighted by atomic mass is 9.93. The van der Waals surface area contributed by atoms with E-state index in [0.29, 0.717) is 16.6 Å². The third-order valence-corrected chi connectivity index (χ3v) is 5.83. The van der Waals surface area contributed by atoms with Gasteiger partial charge in [-0.1, -0.05) is 59.1 Å². The molecular formula is C23H15Cl3F4N2O2. The highest BCUT2D eigenvalue weighted by Crippen LogP contribution is 2.45. The van der Waals surface area contributed by atoms with Gasteiger partial charge in [-0.15, -0.1) is 0 Å². The summed E-state index contributed by atoms with van der Waals surface area (Å²) in [6.07, 6.45) is -3.75. The van der Waals surface area contributed by atoms with Crippen LogP contribution < -0.4 is 4.74 Å². The van der Waals surface area contributed by atoms with E-state index >= 15 is 0 Å². The largest absolute Gasteiger partial charge is 0.489 e. The molecule has 0 radical (unpaired) electrons. The van der Waals surface area contributed by atoms with Gasteiger partial charge >= 0.3 is 6.18 Å². The quantitative estimate of drug-likeness (QED) is 0.226. The highest BCUT2D eigenvalue weighted by atomic mass is 35.6. The van der Waals surface area contributed by atoms with Gasteiger partial charge in [-0.25, -0.2) is 9.07 Å². The molecule has 4 rings (SSSR count). The summed E-state index contributed by atoms with van der Waals surface area (Å²) in [7, 11) is 0. The second-order valence-corrected chi connectivity index (χ2v) is 9.73. The summed E-state index contributed by atoms with van der Waals surface area (Å²) in [6, 6.07) is 14.9. The molecule has 11 heteroatoms. The summed E-state index contributed by atoms with van der Waals surface area (Å²) in [5.41, 5.74) is -2.83. The van der Waals surface area contributed by atoms with Gasteiger partial charge in [0, 0.05) is 10.9 Å². The van der Waals surface area contributed by atoms with Crippen molar-refractivity contribution in [3.05, 3.63) is 89.9 Å². The van der Waals surface area contributed by atoms with Crippen LogP contribution in [0, 0.1) is 5.82 Å². The molecule has 3 aromatic carbocycles. The maximum absolute atomic E-state index is 14.1. The standard InChI is InChI=1S/C23H15Cl3F4N2O2/c24-22(25,26)18-3-1-2-4-20(18)34-13-21(33,23(28,29)30)15-5-10-19-14(11-15)12-31-32(19)17-8-6-16(27)7-9-17/h1-12,33H,13H2. The van der Waals surface area contributed by atoms with Crippen molar-refractivity contribution in [2.75, 3.05) is 6.61 Å². The van der Waals surface area contributed by atoms with E-state index in [0.717, 1.165) is 6.07 Å². The summed E-state index contributed by atoms with van der Waals surface area (Å²) < 4.78 is 60.3. The molecule has 1 unspecified atom stereocenters. The maximum Gasteiger partial charge on any atom is 0.424 e. The van der Waals surface area contributed by atoms with Crippen LogP contribution in [0.4, 0.5) is 17.6 Å². The van der Waals surface area contributed by atoms with Crippen LogP contribution >= 0.6 is 34.8 Å². The topological polar surface area (TPSA) is 47.3 Å². The molecule has 0 bridgehead atoms. The van der Waals surface area contributed by atoms with E-state index in [-0.39, 0.29) is 11.3 Å². The Hall–Kier alpha value is -2.52. The van der Waals surface area contributed by atoms with Crippen molar-refractivity contribution in [3.63, 3.8) is 0 Å². The summed E-state index contributed by atoms with van der Waals surface area (Å²) in [5.74, 6) is -0.551. The van der Waals surface area contributed by atoms with Gasteiger partial charge < -0.3 is 9.84 Å². The molecule has 4 aromatic rings. The van der Waals surface area contributed by atoms with Crippen molar-refractivity contribution >= 4 is 45.7 Å². The van der Waals surface area contributed by atoms with Crippen LogP contribution in [0.25, 0.3) is 16.6 Å². The fourth-order valence-corrected chi connectivity index (χ4v) is 3.88. The van der Waals surface area contributed by atoms with Crippen molar-refractivity contribution < 1.29 is 27.4 Å². The van der Waals surface area contributed by atoms with Crippen molar-refractivity contribution in [2.45, 2.75) is 15.6 Å². The predicted molar refractivity (Wildman–Crippen MR) is 122 cm³/mol. The van der Waals surface area contributed by atoms with Gasteiger partial charge in [-0.2, -0.15) is 18.3 Å². The fraction of sp³-hybridized carbons (Fsp3) is 0.174. The maximum atomic E-state index is 14.1. The molecule has 0 fully saturated rings. The fourth-order valence-electron chi connectivity index (χ4n) is 3.42. The SMILES string of the molecule is OC(COc1ccccc1C(Cl)(Cl)Cl)(c1ccc2c(cnn2-c2ccc(F)cc2)c1)C(F)(F)F. The third-order valence-electron chi connectivity index (χ3n) is 5.21. The van der Waals surface area contributed by atoms with Crippen LogP contribution in [-0.2, 0) is 9.39 Å². The number of nitrogens with zero attached hydrogens (tertiary/aromatic N) is 2. The Morgan fingerprint density at radius 3 is 2.26 bits per heavy atom. The van der Waals surface area contributed by atoms with Gasteiger partial charge in [0.1, 0.15) is 18.2 Å². The van der Waals surface area contributed by atoms with Crippen LogP contribution in [0.3, 0.4) is 0 Å². The molecule has 34 heavy (non-hydrogen) atoms. The van der Waals surface area contributed by atoms with E-state index in [1.165, 1.54) is 71.5 Å². The zero-order valence-corrected chi connectivity index (χ0v) is 19.3. The molecule has 0 saturated heterocycles. The summed E-state index contributed by atoms with van der Waals surface area (Å²) in [4.78, 5) is 0. The molecule has 0 spiro atoms. The molecule has 0 aliphatic heterocycles. The van der Waals surface area contributed by atoms with Crippen LogP contribution in [0.5, 0.6) is 5.75 Å². The van der Waals surface area contributed by atoms with Gasteiger partial charge in [0.2, 0.25) is 9.39 Å². The molecular weight excluding hydrogens is 519 g/mol. The zero-order chi connectivity index (χ0) is 24.7. The van der Waals surface area contributed by atoms with E-state index < -0.39 is 33.6 Å². The number of hydrogen-bond acceptors (Lipinski definition) is 3. The first-order chi connectivity index (χ1) is 15.9. The van der Waals surface area contributed by atoms with Crippen LogP contribution in [-0.4, -0.2) is 27.7 Å². The lowest BCUT2D eigenvalue weighted by Crippen LogP contribution is -2.47. The van der Waals surface area contributed by atoms with E-state index in [4.69, 9.17) is 39.5 Å². The number of halogens is 7. The molecule has 1 atom stereocenters. The number of aliphatic hydroxyl groups is 1. The normalized spacial score (nSPS) is 14.2. The molecule has 0 aliphatic carbocycles. The molecule has 1 N–H and O–H groups in total. The molecule has 0 amide bonds. The Bertz CT molecular complexity index is 1320. The number of fused-ring (bicyclic) bond motifs is 1. The minimum Gasteiger partial charge on any atom is -0.489 e. The van der Waals surface area contributed by atoms with Gasteiger partial charge in [-0.3, -0.25) is 0 Å². The Kier molecular flexibility index (Phi) is 6.46. The minimum absolute atomic E-state index is 0.0283. The molecule has 178 valence electrons. The summed E-state index contributed by atoms with van der Waals surface area (Å²) in [6.45, 7) is -1.19. The van der Waals surface area contributed by atoms with E-state index in [1.807, 2.05) is 0 Å². The number of alkyl halides is 6. The average molecular weight is 534 g/mol. The average Bonchev–Trinajstić information content (AvgIpc) is 3.20. The van der Waals surface area contributed by atoms with Gasteiger partial charge in [0.05, 0.1) is 17.4 Å². The summed E-state index contributed by atoms with van der Waals surface area (Å²) in [5, 5.41) is 15.3. The highest BCUT2D eigenvalue weighted by Gasteiger charge is 2.56. The first kappa shape index (κ1) is 24.6. The first-order valence-corrected chi connectivity index (χ1v) is 10.9. The van der Waals surface area contributed by atoms with E-state index in [1.54, 1.807) is 0 Å². The monoisotopic (exact) mass is 532 g/mol. The number of rotatable bonds is 5. The lowest BCUT2D eigenvalue weighted by molar-refractivity contribution is -0.275. The predicted octanol–water partition coefficient (Wildman–Crippen LogP) is 6.82. The second kappa shape index (κ2) is 8.92. The third kappa shape index (κ3) is 4.68. The molecule has 4 nitrogen and oxygen atoms in total. The zero-order valence-electron chi connectivity index (χ0n) is 17.0. The van der Waals surface area contributed by atoms with Crippen LogP contribution in [0.1, 0.15) is 11.1 Å². The molecule has 1 heterocycles. The Morgan fingerprint density at radius 2 is 1.62 bits per heavy atom. The second-order valence-electron chi connectivity index (χ2n) is 7.45. The number of benzene rings is 3.